The molecule has 1 N–H and O–H groups in total. The molecule has 6 nitrogen and oxygen atoms in total. The number of nitrogens with zero attached hydrogens (tertiary/aromatic N) is 4. The van der Waals surface area contributed by atoms with Crippen molar-refractivity contribution in [1.29, 1.82) is 0 Å². The molecule has 0 radical (unpaired) electrons. The third kappa shape index (κ3) is 5.18. The molecule has 1 amide bonds. The van der Waals surface area contributed by atoms with Gasteiger partial charge in [0.2, 0.25) is 5.91 Å². The zero-order valence-corrected chi connectivity index (χ0v) is 20.8. The molecule has 0 spiro atoms. The van der Waals surface area contributed by atoms with E-state index in [1.54, 1.807) is 29.1 Å². The number of halogens is 7. The Bertz CT molecular complexity index is 1220. The van der Waals surface area contributed by atoms with Gasteiger partial charge < -0.3 is 5.32 Å². The van der Waals surface area contributed by atoms with Gasteiger partial charge in [0, 0.05) is 12.1 Å². The van der Waals surface area contributed by atoms with Crippen LogP contribution >= 0.6 is 50.7 Å². The number of amides is 1. The number of carbonyl (C=O) groups excluding carboxylic acids is 1. The highest BCUT2D eigenvalue weighted by Gasteiger charge is 2.43. The van der Waals surface area contributed by atoms with Crippen molar-refractivity contribution in [3.63, 3.8) is 0 Å². The lowest BCUT2D eigenvalue weighted by molar-refractivity contribution is -0.141. The lowest BCUT2D eigenvalue weighted by Gasteiger charge is -2.15. The van der Waals surface area contributed by atoms with E-state index in [1.807, 2.05) is 0 Å². The molecule has 1 unspecified atom stereocenters. The third-order valence-corrected chi connectivity index (χ3v) is 6.85. The molecule has 0 aliphatic heterocycles. The molecule has 1 aliphatic rings. The van der Waals surface area contributed by atoms with E-state index < -0.39 is 28.8 Å². The van der Waals surface area contributed by atoms with E-state index in [-0.39, 0.29) is 17.4 Å². The molecule has 1 fully saturated rings. The Labute approximate surface area is 210 Å². The monoisotopic (exact) mass is 583 g/mol. The normalized spacial score (nSPS) is 15.0. The Kier molecular flexibility index (Phi) is 6.74. The SMILES string of the molecule is CC(C(=O)Nc1nn(Cc2ccc(Cl)c(Cl)c2)cc1Br)n1nc(C(F)(F)F)c(Cl)c1C1CC1. The first-order chi connectivity index (χ1) is 15.5. The van der Waals surface area contributed by atoms with Crippen molar-refractivity contribution >= 4 is 62.5 Å². The fourth-order valence-corrected chi connectivity index (χ4v) is 4.47. The molecule has 0 saturated heterocycles. The summed E-state index contributed by atoms with van der Waals surface area (Å²) in [5.41, 5.74) is -0.112. The molecule has 4 rings (SSSR count). The lowest BCUT2D eigenvalue weighted by Crippen LogP contribution is -2.26. The van der Waals surface area contributed by atoms with Crippen LogP contribution < -0.4 is 5.32 Å². The molecule has 1 saturated carbocycles. The number of carbonyl (C=O) groups is 1. The van der Waals surface area contributed by atoms with E-state index in [0.717, 1.165) is 10.2 Å². The summed E-state index contributed by atoms with van der Waals surface area (Å²) in [5.74, 6) is -0.507. The van der Waals surface area contributed by atoms with E-state index in [2.05, 4.69) is 31.4 Å². The number of anilines is 1. The van der Waals surface area contributed by atoms with Crippen LogP contribution in [0.5, 0.6) is 0 Å². The van der Waals surface area contributed by atoms with Gasteiger partial charge in [-0.05, 0) is 53.4 Å². The first-order valence-electron chi connectivity index (χ1n) is 9.78. The first-order valence-corrected chi connectivity index (χ1v) is 11.7. The number of nitrogens with one attached hydrogen (secondary N) is 1. The first kappa shape index (κ1) is 24.4. The molecule has 13 heteroatoms. The largest absolute Gasteiger partial charge is 0.436 e. The molecule has 2 heterocycles. The summed E-state index contributed by atoms with van der Waals surface area (Å²) in [6.45, 7) is 1.82. The zero-order valence-electron chi connectivity index (χ0n) is 16.9. The van der Waals surface area contributed by atoms with E-state index in [0.29, 0.717) is 33.9 Å². The second-order valence-corrected chi connectivity index (χ2v) is 9.75. The van der Waals surface area contributed by atoms with Crippen LogP contribution in [0.2, 0.25) is 15.1 Å². The predicted molar refractivity (Wildman–Crippen MR) is 123 cm³/mol. The fraction of sp³-hybridized carbons (Fsp3) is 0.350. The van der Waals surface area contributed by atoms with Crippen molar-refractivity contribution in [2.45, 2.75) is 44.4 Å². The van der Waals surface area contributed by atoms with Gasteiger partial charge in [-0.25, -0.2) is 0 Å². The molecule has 2 aromatic heterocycles. The highest BCUT2D eigenvalue weighted by atomic mass is 79.9. The molecule has 1 aromatic carbocycles. The van der Waals surface area contributed by atoms with Crippen molar-refractivity contribution in [3.05, 3.63) is 60.9 Å². The number of hydrogen-bond donors (Lipinski definition) is 1. The smallest absolute Gasteiger partial charge is 0.306 e. The van der Waals surface area contributed by atoms with Gasteiger partial charge in [0.05, 0.1) is 31.8 Å². The number of aromatic nitrogens is 4. The van der Waals surface area contributed by atoms with E-state index >= 15 is 0 Å². The quantitative estimate of drug-likeness (QED) is 0.341. The molecule has 1 aliphatic carbocycles. The highest BCUT2D eigenvalue weighted by Crippen LogP contribution is 2.47. The number of rotatable bonds is 6. The van der Waals surface area contributed by atoms with Crippen LogP contribution in [0.15, 0.2) is 28.9 Å². The van der Waals surface area contributed by atoms with Gasteiger partial charge in [-0.1, -0.05) is 40.9 Å². The van der Waals surface area contributed by atoms with Gasteiger partial charge in [-0.15, -0.1) is 0 Å². The summed E-state index contributed by atoms with van der Waals surface area (Å²) in [6.07, 6.45) is -1.66. The summed E-state index contributed by atoms with van der Waals surface area (Å²) in [6, 6.07) is 4.13. The Hall–Kier alpha value is -1.75. The van der Waals surface area contributed by atoms with Gasteiger partial charge in [-0.3, -0.25) is 14.2 Å². The Morgan fingerprint density at radius 3 is 2.55 bits per heavy atom. The highest BCUT2D eigenvalue weighted by molar-refractivity contribution is 9.10. The fourth-order valence-electron chi connectivity index (χ4n) is 3.35. The molecule has 0 bridgehead atoms. The summed E-state index contributed by atoms with van der Waals surface area (Å²) < 4.78 is 43.1. The van der Waals surface area contributed by atoms with Crippen molar-refractivity contribution in [3.8, 4) is 0 Å². The van der Waals surface area contributed by atoms with Crippen molar-refractivity contribution < 1.29 is 18.0 Å². The van der Waals surface area contributed by atoms with Gasteiger partial charge in [0.25, 0.3) is 0 Å². The van der Waals surface area contributed by atoms with Gasteiger partial charge in [0.1, 0.15) is 6.04 Å². The standard InChI is InChI=1S/C20H16BrCl3F3N5O/c1-9(32-16(11-3-4-11)15(24)17(29-32)20(25,26)27)19(33)28-18-12(21)8-31(30-18)7-10-2-5-13(22)14(23)6-10/h2,5-6,8-9,11H,3-4,7H2,1H3,(H,28,30,33). The Balaban J connectivity index is 1.54. The van der Waals surface area contributed by atoms with E-state index in [4.69, 9.17) is 34.8 Å². The lowest BCUT2D eigenvalue weighted by atomic mass is 10.2. The predicted octanol–water partition coefficient (Wildman–Crippen LogP) is 6.95. The van der Waals surface area contributed by atoms with Gasteiger partial charge in [-0.2, -0.15) is 23.4 Å². The van der Waals surface area contributed by atoms with Crippen LogP contribution in [-0.4, -0.2) is 25.5 Å². The zero-order chi connectivity index (χ0) is 24.1. The van der Waals surface area contributed by atoms with Crippen LogP contribution in [0.25, 0.3) is 0 Å². The number of hydrogen-bond acceptors (Lipinski definition) is 3. The second-order valence-electron chi connectivity index (χ2n) is 7.70. The van der Waals surface area contributed by atoms with Crippen LogP contribution in [0, 0.1) is 0 Å². The molecule has 176 valence electrons. The van der Waals surface area contributed by atoms with Gasteiger partial charge in [0.15, 0.2) is 11.5 Å². The van der Waals surface area contributed by atoms with Crippen LogP contribution in [-0.2, 0) is 17.5 Å². The summed E-state index contributed by atoms with van der Waals surface area (Å²) in [4.78, 5) is 12.9. The second kappa shape index (κ2) is 9.13. The molecular weight excluding hydrogens is 570 g/mol. The summed E-state index contributed by atoms with van der Waals surface area (Å²) in [7, 11) is 0. The molecule has 33 heavy (non-hydrogen) atoms. The third-order valence-electron chi connectivity index (χ3n) is 5.15. The molecule has 1 atom stereocenters. The Morgan fingerprint density at radius 2 is 1.94 bits per heavy atom. The van der Waals surface area contributed by atoms with Crippen LogP contribution in [0.3, 0.4) is 0 Å². The Morgan fingerprint density at radius 1 is 1.24 bits per heavy atom. The topological polar surface area (TPSA) is 64.7 Å². The van der Waals surface area contributed by atoms with Crippen LogP contribution in [0.1, 0.15) is 48.7 Å². The minimum absolute atomic E-state index is 0.145. The van der Waals surface area contributed by atoms with Gasteiger partial charge >= 0.3 is 6.18 Å². The maximum Gasteiger partial charge on any atom is 0.436 e. The minimum atomic E-state index is -4.71. The summed E-state index contributed by atoms with van der Waals surface area (Å²) in [5, 5.41) is 11.0. The average molecular weight is 586 g/mol. The molecule has 3 aromatic rings. The maximum absolute atomic E-state index is 13.3. The molecular formula is C20H16BrCl3F3N5O. The van der Waals surface area contributed by atoms with Crippen LogP contribution in [0.4, 0.5) is 19.0 Å². The summed E-state index contributed by atoms with van der Waals surface area (Å²) >= 11 is 21.3. The maximum atomic E-state index is 13.3. The van der Waals surface area contributed by atoms with Crippen molar-refractivity contribution in [2.75, 3.05) is 5.32 Å². The number of benzene rings is 1. The minimum Gasteiger partial charge on any atom is -0.306 e. The van der Waals surface area contributed by atoms with E-state index in [1.165, 1.54) is 6.92 Å². The van der Waals surface area contributed by atoms with E-state index in [9.17, 15) is 18.0 Å². The van der Waals surface area contributed by atoms with Crippen molar-refractivity contribution in [2.24, 2.45) is 0 Å². The average Bonchev–Trinajstić information content (AvgIpc) is 3.42. The number of alkyl halides is 3. The van der Waals surface area contributed by atoms with Crippen molar-refractivity contribution in [1.82, 2.24) is 19.6 Å².